The molecule has 0 heterocycles. The summed E-state index contributed by atoms with van der Waals surface area (Å²) in [6, 6.07) is 7.92. The summed E-state index contributed by atoms with van der Waals surface area (Å²) in [4.78, 5) is 11.9. The van der Waals surface area contributed by atoms with E-state index >= 15 is 0 Å². The summed E-state index contributed by atoms with van der Waals surface area (Å²) in [5.74, 6) is 0.504. The number of nitrogens with one attached hydrogen (secondary N) is 1. The topological polar surface area (TPSA) is 40.9 Å². The minimum atomic E-state index is 0. The molecule has 19 heavy (non-hydrogen) atoms. The maximum Gasteiger partial charge on any atom is 1.00 e. The molecule has 0 fully saturated rings. The van der Waals surface area contributed by atoms with E-state index < -0.39 is 0 Å². The summed E-state index contributed by atoms with van der Waals surface area (Å²) < 4.78 is 0. The minimum absolute atomic E-state index is 0. The van der Waals surface area contributed by atoms with E-state index in [9.17, 15) is 4.79 Å². The van der Waals surface area contributed by atoms with Gasteiger partial charge in [-0.3, -0.25) is 4.79 Å². The quantitative estimate of drug-likeness (QED) is 0.616. The molecule has 1 N–H and O–H groups in total. The molecule has 0 radical (unpaired) electrons. The van der Waals surface area contributed by atoms with Crippen molar-refractivity contribution in [3.8, 4) is 0 Å². The molecule has 102 valence electrons. The van der Waals surface area contributed by atoms with Crippen molar-refractivity contribution in [1.29, 1.82) is 0 Å². The van der Waals surface area contributed by atoms with Gasteiger partial charge in [0, 0.05) is 11.5 Å². The molecule has 1 unspecified atom stereocenters. The monoisotopic (exact) mass is 287 g/mol. The molecule has 1 aromatic carbocycles. The van der Waals surface area contributed by atoms with Crippen LogP contribution in [0.2, 0.25) is 0 Å². The van der Waals surface area contributed by atoms with E-state index in [1.165, 1.54) is 5.56 Å². The molecule has 2 nitrogen and oxygen atoms in total. The van der Waals surface area contributed by atoms with Crippen LogP contribution in [0.4, 0.5) is 0 Å². The molecule has 0 aliphatic heterocycles. The number of carbonyl (C=O) groups excluding carboxylic acids is 1. The number of carbonyl (C=O) groups is 1. The van der Waals surface area contributed by atoms with Crippen LogP contribution in [0.3, 0.4) is 0 Å². The van der Waals surface area contributed by atoms with Crippen LogP contribution in [-0.2, 0) is 6.42 Å². The summed E-state index contributed by atoms with van der Waals surface area (Å²) in [7, 11) is 0. The zero-order valence-electron chi connectivity index (χ0n) is 11.8. The van der Waals surface area contributed by atoms with Gasteiger partial charge in [0.15, 0.2) is 5.78 Å². The molecule has 0 spiro atoms. The Morgan fingerprint density at radius 2 is 1.84 bits per heavy atom. The van der Waals surface area contributed by atoms with Gasteiger partial charge in [0.25, 0.3) is 0 Å². The maximum absolute atomic E-state index is 11.9. The molecule has 0 saturated carbocycles. The van der Waals surface area contributed by atoms with Crippen molar-refractivity contribution in [1.82, 2.24) is 0 Å². The summed E-state index contributed by atoms with van der Waals surface area (Å²) in [6.45, 7) is 4.48. The SMILES string of the molecule is C.CC.[K+].[NH-]CCCCC1Cc2ccccc2C1=O. The number of Topliss-reactive ketones (excluding diaryl/α,β-unsaturated/α-hetero) is 1. The van der Waals surface area contributed by atoms with Crippen LogP contribution in [0.25, 0.3) is 5.73 Å². The fourth-order valence-electron chi connectivity index (χ4n) is 2.27. The first kappa shape index (κ1) is 21.8. The average molecular weight is 287 g/mol. The smallest absolute Gasteiger partial charge is 0.677 e. The molecule has 1 aliphatic carbocycles. The summed E-state index contributed by atoms with van der Waals surface area (Å²) in [5, 5.41) is 0. The first-order chi connectivity index (χ1) is 8.33. The Bertz CT molecular complexity index is 366. The van der Waals surface area contributed by atoms with Gasteiger partial charge in [-0.15, -0.1) is 0 Å². The number of hydrogen-bond acceptors (Lipinski definition) is 1. The molecule has 1 aromatic rings. The van der Waals surface area contributed by atoms with Gasteiger partial charge < -0.3 is 5.73 Å². The Hall–Kier alpha value is 0.486. The van der Waals surface area contributed by atoms with Crippen molar-refractivity contribution in [3.05, 3.63) is 41.1 Å². The molecule has 0 amide bonds. The van der Waals surface area contributed by atoms with Crippen LogP contribution in [0.15, 0.2) is 24.3 Å². The maximum atomic E-state index is 11.9. The molecule has 3 heteroatoms. The molecule has 0 bridgehead atoms. The number of unbranched alkanes of at least 4 members (excludes halogenated alkanes) is 1. The van der Waals surface area contributed by atoms with E-state index in [1.54, 1.807) is 0 Å². The number of benzene rings is 1. The minimum Gasteiger partial charge on any atom is -0.677 e. The fourth-order valence-corrected chi connectivity index (χ4v) is 2.27. The van der Waals surface area contributed by atoms with Gasteiger partial charge in [0.1, 0.15) is 0 Å². The van der Waals surface area contributed by atoms with Gasteiger partial charge in [0.05, 0.1) is 0 Å². The normalized spacial score (nSPS) is 15.5. The first-order valence-electron chi connectivity index (χ1n) is 6.59. The molecular formula is C16H26KNO. The molecule has 1 aliphatic rings. The van der Waals surface area contributed by atoms with Crippen molar-refractivity contribution < 1.29 is 56.2 Å². The fraction of sp³-hybridized carbons (Fsp3) is 0.562. The van der Waals surface area contributed by atoms with Crippen LogP contribution in [-0.4, -0.2) is 12.3 Å². The zero-order valence-corrected chi connectivity index (χ0v) is 15.0. The average Bonchev–Trinajstić information content (AvgIpc) is 2.70. The predicted molar refractivity (Wildman–Crippen MR) is 79.1 cm³/mol. The van der Waals surface area contributed by atoms with Gasteiger partial charge in [-0.1, -0.05) is 58.4 Å². The number of rotatable bonds is 4. The van der Waals surface area contributed by atoms with E-state index in [2.05, 4.69) is 6.07 Å². The standard InChI is InChI=1S/C13H16NO.C2H6.CH4.K/c14-8-4-3-6-11-9-10-5-1-2-7-12(10)13(11)15;1-2;;/h1-2,5,7,11,14H,3-4,6,8-9H2;1-2H3;1H4;/q-1;;;+1. The van der Waals surface area contributed by atoms with Crippen molar-refractivity contribution >= 4 is 5.78 Å². The molecule has 0 aromatic heterocycles. The van der Waals surface area contributed by atoms with Crippen LogP contribution in [0.1, 0.15) is 56.5 Å². The summed E-state index contributed by atoms with van der Waals surface area (Å²) in [6.07, 6.45) is 3.79. The Balaban J connectivity index is 0. The van der Waals surface area contributed by atoms with Crippen molar-refractivity contribution in [2.45, 2.75) is 47.0 Å². The molecule has 0 saturated heterocycles. The van der Waals surface area contributed by atoms with Crippen LogP contribution in [0, 0.1) is 5.92 Å². The van der Waals surface area contributed by atoms with E-state index in [1.807, 2.05) is 32.0 Å². The number of hydrogen-bond donors (Lipinski definition) is 0. The third-order valence-electron chi connectivity index (χ3n) is 3.10. The zero-order chi connectivity index (χ0) is 12.7. The van der Waals surface area contributed by atoms with Crippen LogP contribution >= 0.6 is 0 Å². The molecular weight excluding hydrogens is 261 g/mol. The van der Waals surface area contributed by atoms with Gasteiger partial charge in [-0.05, 0) is 18.4 Å². The third kappa shape index (κ3) is 6.19. The van der Waals surface area contributed by atoms with Crippen LogP contribution in [0.5, 0.6) is 0 Å². The van der Waals surface area contributed by atoms with Crippen molar-refractivity contribution in [2.24, 2.45) is 5.92 Å². The first-order valence-corrected chi connectivity index (χ1v) is 6.59. The Kier molecular flexibility index (Phi) is 14.0. The Labute approximate surface area is 161 Å². The summed E-state index contributed by atoms with van der Waals surface area (Å²) in [5.41, 5.74) is 9.20. The van der Waals surface area contributed by atoms with E-state index in [4.69, 9.17) is 5.73 Å². The second-order valence-corrected chi connectivity index (χ2v) is 4.17. The Morgan fingerprint density at radius 3 is 2.42 bits per heavy atom. The number of ketones is 1. The molecule has 2 rings (SSSR count). The van der Waals surface area contributed by atoms with Gasteiger partial charge in [-0.2, -0.15) is 6.54 Å². The predicted octanol–water partition coefficient (Wildman–Crippen LogP) is 1.93. The van der Waals surface area contributed by atoms with Crippen molar-refractivity contribution in [3.63, 3.8) is 0 Å². The summed E-state index contributed by atoms with van der Waals surface area (Å²) >= 11 is 0. The molecule has 1 atom stereocenters. The van der Waals surface area contributed by atoms with Gasteiger partial charge in [-0.25, -0.2) is 0 Å². The van der Waals surface area contributed by atoms with Gasteiger partial charge >= 0.3 is 51.4 Å². The van der Waals surface area contributed by atoms with Crippen molar-refractivity contribution in [2.75, 3.05) is 6.54 Å². The Morgan fingerprint density at radius 1 is 1.21 bits per heavy atom. The largest absolute Gasteiger partial charge is 1.00 e. The van der Waals surface area contributed by atoms with Crippen LogP contribution < -0.4 is 51.4 Å². The second kappa shape index (κ2) is 12.2. The van der Waals surface area contributed by atoms with E-state index in [0.717, 1.165) is 31.2 Å². The van der Waals surface area contributed by atoms with E-state index in [0.29, 0.717) is 12.3 Å². The van der Waals surface area contributed by atoms with E-state index in [-0.39, 0.29) is 64.7 Å². The third-order valence-corrected chi connectivity index (χ3v) is 3.10. The van der Waals surface area contributed by atoms with Gasteiger partial charge in [0.2, 0.25) is 0 Å². The number of fused-ring (bicyclic) bond motifs is 1. The second-order valence-electron chi connectivity index (χ2n) is 4.17.